The number of piperidine rings is 1. The van der Waals surface area contributed by atoms with Crippen LogP contribution in [0.25, 0.3) is 10.9 Å². The molecule has 0 atom stereocenters. The van der Waals surface area contributed by atoms with E-state index in [2.05, 4.69) is 15.8 Å². The van der Waals surface area contributed by atoms with E-state index in [0.717, 1.165) is 29.3 Å². The quantitative estimate of drug-likeness (QED) is 0.877. The average molecular weight is 338 g/mol. The van der Waals surface area contributed by atoms with Gasteiger partial charge in [0.15, 0.2) is 0 Å². The van der Waals surface area contributed by atoms with E-state index in [1.165, 1.54) is 12.6 Å². The fraction of sp³-hybridized carbons (Fsp3) is 0.529. The molecule has 1 aliphatic heterocycles. The molecule has 1 aromatic carbocycles. The second kappa shape index (κ2) is 6.63. The minimum absolute atomic E-state index is 0.0612. The van der Waals surface area contributed by atoms with Gasteiger partial charge in [-0.3, -0.25) is 0 Å². The third-order valence-corrected chi connectivity index (χ3v) is 6.05. The largest absolute Gasteiger partial charge is 0.361 e. The summed E-state index contributed by atoms with van der Waals surface area (Å²) in [6.45, 7) is -0.890. The Morgan fingerprint density at radius 3 is 2.87 bits per heavy atom. The van der Waals surface area contributed by atoms with Crippen molar-refractivity contribution in [2.75, 3.05) is 32.9 Å². The summed E-state index contributed by atoms with van der Waals surface area (Å²) in [5, 5.41) is 1.11. The fourth-order valence-corrected chi connectivity index (χ4v) is 3.94. The highest BCUT2D eigenvalue weighted by molar-refractivity contribution is 7.89. The van der Waals surface area contributed by atoms with E-state index < -0.39 is 17.0 Å². The first-order valence-electron chi connectivity index (χ1n) is 9.46. The Bertz CT molecular complexity index is 869. The van der Waals surface area contributed by atoms with E-state index in [-0.39, 0.29) is 5.75 Å². The standard InChI is InChI=1S/C17H25N3O2S/c1-18-23(21,22)10-7-13-3-4-17-15(11-13)16(12-19-17)14-5-8-20(2)9-6-14/h3-4,11-12,14,18-19H,5-10H2,1-2H3/i2D3. The minimum atomic E-state index is -3.22. The van der Waals surface area contributed by atoms with Crippen molar-refractivity contribution in [3.63, 3.8) is 0 Å². The summed E-state index contributed by atoms with van der Waals surface area (Å²) in [5.41, 5.74) is 3.21. The number of aryl methyl sites for hydroxylation is 1. The van der Waals surface area contributed by atoms with Gasteiger partial charge >= 0.3 is 0 Å². The van der Waals surface area contributed by atoms with Gasteiger partial charge in [-0.2, -0.15) is 0 Å². The second-order valence-electron chi connectivity index (χ2n) is 6.16. The molecule has 1 saturated heterocycles. The van der Waals surface area contributed by atoms with Crippen LogP contribution in [0.2, 0.25) is 0 Å². The molecule has 23 heavy (non-hydrogen) atoms. The average Bonchev–Trinajstić information content (AvgIpc) is 3.02. The van der Waals surface area contributed by atoms with E-state index in [1.54, 1.807) is 4.90 Å². The SMILES string of the molecule is [2H]C([2H])([2H])N1CCC(c2c[nH]c3ccc(CCS(=O)(=O)NC)cc23)CC1. The summed E-state index contributed by atoms with van der Waals surface area (Å²) < 4.78 is 48.2. The minimum Gasteiger partial charge on any atom is -0.361 e. The number of nitrogens with one attached hydrogen (secondary N) is 2. The summed E-state index contributed by atoms with van der Waals surface area (Å²) >= 11 is 0. The number of aromatic nitrogens is 1. The van der Waals surface area contributed by atoms with Crippen LogP contribution in [0.1, 0.15) is 34.0 Å². The van der Waals surface area contributed by atoms with Crippen LogP contribution in [0.5, 0.6) is 0 Å². The van der Waals surface area contributed by atoms with Gasteiger partial charge in [-0.1, -0.05) is 6.07 Å². The zero-order valence-corrected chi connectivity index (χ0v) is 14.1. The Labute approximate surface area is 142 Å². The third kappa shape index (κ3) is 3.76. The molecule has 126 valence electrons. The number of aromatic amines is 1. The molecule has 1 aromatic heterocycles. The molecule has 6 heteroatoms. The van der Waals surface area contributed by atoms with Crippen molar-refractivity contribution < 1.29 is 12.5 Å². The van der Waals surface area contributed by atoms with Gasteiger partial charge in [0.2, 0.25) is 10.0 Å². The zero-order chi connectivity index (χ0) is 18.9. The molecule has 0 aliphatic carbocycles. The van der Waals surface area contributed by atoms with Gasteiger partial charge in [-0.25, -0.2) is 13.1 Å². The molecule has 2 N–H and O–H groups in total. The number of fused-ring (bicyclic) bond motifs is 1. The Hall–Kier alpha value is -1.37. The number of H-pyrrole nitrogens is 1. The lowest BCUT2D eigenvalue weighted by Gasteiger charge is -2.28. The van der Waals surface area contributed by atoms with E-state index >= 15 is 0 Å². The molecule has 0 radical (unpaired) electrons. The monoisotopic (exact) mass is 338 g/mol. The first-order chi connectivity index (χ1) is 12.2. The molecule has 1 aliphatic rings. The molecule has 0 spiro atoms. The lowest BCUT2D eigenvalue weighted by molar-refractivity contribution is 0.256. The van der Waals surface area contributed by atoms with Crippen molar-refractivity contribution in [2.24, 2.45) is 0 Å². The first-order valence-corrected chi connectivity index (χ1v) is 9.61. The highest BCUT2D eigenvalue weighted by atomic mass is 32.2. The van der Waals surface area contributed by atoms with Crippen LogP contribution in [0.4, 0.5) is 0 Å². The van der Waals surface area contributed by atoms with Crippen molar-refractivity contribution in [3.05, 3.63) is 35.5 Å². The van der Waals surface area contributed by atoms with Gasteiger partial charge in [-0.05, 0) is 75.6 Å². The highest BCUT2D eigenvalue weighted by Crippen LogP contribution is 2.33. The van der Waals surface area contributed by atoms with Gasteiger partial charge in [-0.15, -0.1) is 0 Å². The summed E-state index contributed by atoms with van der Waals surface area (Å²) in [6, 6.07) is 5.99. The molecule has 3 rings (SSSR count). The molecule has 0 bridgehead atoms. The molecule has 0 amide bonds. The van der Waals surface area contributed by atoms with Crippen molar-refractivity contribution in [2.45, 2.75) is 25.2 Å². The summed E-state index contributed by atoms with van der Waals surface area (Å²) in [7, 11) is -1.80. The maximum Gasteiger partial charge on any atom is 0.211 e. The summed E-state index contributed by atoms with van der Waals surface area (Å²) in [4.78, 5) is 4.84. The number of benzene rings is 1. The number of nitrogens with zero attached hydrogens (tertiary/aromatic N) is 1. The maximum absolute atomic E-state index is 11.6. The van der Waals surface area contributed by atoms with Crippen molar-refractivity contribution in [1.82, 2.24) is 14.6 Å². The second-order valence-corrected chi connectivity index (χ2v) is 8.20. The lowest BCUT2D eigenvalue weighted by atomic mass is 9.89. The number of likely N-dealkylation sites (tertiary alicyclic amines) is 1. The zero-order valence-electron chi connectivity index (χ0n) is 16.3. The predicted octanol–water partition coefficient (Wildman–Crippen LogP) is 2.07. The molecular weight excluding hydrogens is 310 g/mol. The Kier molecular flexibility index (Phi) is 3.74. The van der Waals surface area contributed by atoms with Crippen LogP contribution < -0.4 is 4.72 Å². The van der Waals surface area contributed by atoms with E-state index in [0.29, 0.717) is 25.4 Å². The predicted molar refractivity (Wildman–Crippen MR) is 94.3 cm³/mol. The molecule has 5 nitrogen and oxygen atoms in total. The molecule has 0 saturated carbocycles. The summed E-state index contributed by atoms with van der Waals surface area (Å²) in [6.07, 6.45) is 4.09. The first kappa shape index (κ1) is 13.0. The third-order valence-electron chi connectivity index (χ3n) is 4.68. The smallest absolute Gasteiger partial charge is 0.211 e. The summed E-state index contributed by atoms with van der Waals surface area (Å²) in [5.74, 6) is 0.379. The number of hydrogen-bond acceptors (Lipinski definition) is 3. The Morgan fingerprint density at radius 1 is 1.39 bits per heavy atom. The van der Waals surface area contributed by atoms with Gasteiger partial charge in [0, 0.05) is 21.2 Å². The molecule has 2 heterocycles. The molecule has 0 unspecified atom stereocenters. The Morgan fingerprint density at radius 2 is 2.17 bits per heavy atom. The van der Waals surface area contributed by atoms with Gasteiger partial charge in [0.1, 0.15) is 0 Å². The highest BCUT2D eigenvalue weighted by Gasteiger charge is 2.21. The van der Waals surface area contributed by atoms with Crippen molar-refractivity contribution in [1.29, 1.82) is 0 Å². The number of sulfonamides is 1. The van der Waals surface area contributed by atoms with Gasteiger partial charge in [0.25, 0.3) is 0 Å². The van der Waals surface area contributed by atoms with Crippen LogP contribution >= 0.6 is 0 Å². The lowest BCUT2D eigenvalue weighted by Crippen LogP contribution is -2.29. The van der Waals surface area contributed by atoms with Crippen LogP contribution in [0.15, 0.2) is 24.4 Å². The van der Waals surface area contributed by atoms with Crippen LogP contribution in [-0.2, 0) is 16.4 Å². The van der Waals surface area contributed by atoms with Crippen LogP contribution in [0.3, 0.4) is 0 Å². The van der Waals surface area contributed by atoms with Crippen molar-refractivity contribution in [3.8, 4) is 0 Å². The van der Waals surface area contributed by atoms with Crippen LogP contribution in [-0.4, -0.2) is 51.2 Å². The van der Waals surface area contributed by atoms with E-state index in [1.807, 2.05) is 18.3 Å². The van der Waals surface area contributed by atoms with Crippen LogP contribution in [0, 0.1) is 0 Å². The van der Waals surface area contributed by atoms with Crippen molar-refractivity contribution >= 4 is 20.9 Å². The number of rotatable bonds is 5. The van der Waals surface area contributed by atoms with Gasteiger partial charge < -0.3 is 9.88 Å². The fourth-order valence-electron chi connectivity index (χ4n) is 3.23. The van der Waals surface area contributed by atoms with E-state index in [9.17, 15) is 8.42 Å². The topological polar surface area (TPSA) is 65.2 Å². The molecule has 1 fully saturated rings. The maximum atomic E-state index is 11.6. The number of hydrogen-bond donors (Lipinski definition) is 2. The molecule has 2 aromatic rings. The van der Waals surface area contributed by atoms with Gasteiger partial charge in [0.05, 0.1) is 5.75 Å². The molecular formula is C17H25N3O2S. The Balaban J connectivity index is 1.77. The van der Waals surface area contributed by atoms with E-state index in [4.69, 9.17) is 4.11 Å². The normalized spacial score (nSPS) is 20.3.